The van der Waals surface area contributed by atoms with Crippen LogP contribution in [0.15, 0.2) is 18.2 Å². The number of carbonyl (C=O) groups excluding carboxylic acids is 1. The zero-order chi connectivity index (χ0) is 13.7. The van der Waals surface area contributed by atoms with Crippen molar-refractivity contribution < 1.29 is 4.79 Å². The Balaban J connectivity index is 1.98. The molecule has 0 fully saturated rings. The number of hydrogen-bond donors (Lipinski definition) is 1. The van der Waals surface area contributed by atoms with Gasteiger partial charge in [-0.3, -0.25) is 4.79 Å². The maximum absolute atomic E-state index is 12.0. The molecule has 19 heavy (non-hydrogen) atoms. The Morgan fingerprint density at radius 2 is 2.47 bits per heavy atom. The van der Waals surface area contributed by atoms with Gasteiger partial charge < -0.3 is 5.32 Å². The predicted molar refractivity (Wildman–Crippen MR) is 78.1 cm³/mol. The van der Waals surface area contributed by atoms with Crippen molar-refractivity contribution in [3.05, 3.63) is 28.7 Å². The average molecular weight is 274 g/mol. The number of nitriles is 1. The van der Waals surface area contributed by atoms with Crippen molar-refractivity contribution in [2.24, 2.45) is 5.92 Å². The van der Waals surface area contributed by atoms with Crippen LogP contribution in [0, 0.1) is 17.2 Å². The van der Waals surface area contributed by atoms with Crippen molar-refractivity contribution in [1.29, 1.82) is 5.26 Å². The third-order valence-corrected chi connectivity index (χ3v) is 4.50. The van der Waals surface area contributed by atoms with Crippen LogP contribution >= 0.6 is 11.3 Å². The predicted octanol–water partition coefficient (Wildman–Crippen LogP) is 3.87. The normalized spacial score (nSPS) is 18.0. The third-order valence-electron chi connectivity index (χ3n) is 3.31. The maximum atomic E-state index is 12.0. The highest BCUT2D eigenvalue weighted by Gasteiger charge is 2.16. The molecule has 0 bridgehead atoms. The number of rotatable bonds is 4. The van der Waals surface area contributed by atoms with Gasteiger partial charge in [-0.2, -0.15) is 5.26 Å². The molecule has 4 heteroatoms. The number of anilines is 1. The van der Waals surface area contributed by atoms with Crippen LogP contribution in [0.25, 0.3) is 0 Å². The van der Waals surface area contributed by atoms with Crippen LogP contribution in [0.4, 0.5) is 5.00 Å². The van der Waals surface area contributed by atoms with Crippen molar-refractivity contribution in [1.82, 2.24) is 0 Å². The second kappa shape index (κ2) is 6.53. The lowest BCUT2D eigenvalue weighted by atomic mass is 9.93. The molecule has 0 aliphatic heterocycles. The topological polar surface area (TPSA) is 52.9 Å². The zero-order valence-electron chi connectivity index (χ0n) is 11.1. The molecule has 1 unspecified atom stereocenters. The first kappa shape index (κ1) is 13.8. The minimum absolute atomic E-state index is 0.0116. The van der Waals surface area contributed by atoms with Gasteiger partial charge in [-0.15, -0.1) is 11.3 Å². The number of amides is 1. The lowest BCUT2D eigenvalue weighted by Crippen LogP contribution is -2.16. The average Bonchev–Trinajstić information content (AvgIpc) is 2.82. The van der Waals surface area contributed by atoms with Gasteiger partial charge >= 0.3 is 0 Å². The molecule has 100 valence electrons. The molecule has 1 aromatic rings. The van der Waals surface area contributed by atoms with Gasteiger partial charge in [0.05, 0.1) is 5.56 Å². The molecule has 2 rings (SSSR count). The van der Waals surface area contributed by atoms with Crippen molar-refractivity contribution in [2.75, 3.05) is 5.32 Å². The Kier molecular flexibility index (Phi) is 4.75. The minimum Gasteiger partial charge on any atom is -0.317 e. The Morgan fingerprint density at radius 1 is 1.63 bits per heavy atom. The van der Waals surface area contributed by atoms with Crippen molar-refractivity contribution in [3.63, 3.8) is 0 Å². The molecule has 0 radical (unpaired) electrons. The quantitative estimate of drug-likeness (QED) is 0.847. The summed E-state index contributed by atoms with van der Waals surface area (Å²) in [5.41, 5.74) is 0.578. The summed E-state index contributed by atoms with van der Waals surface area (Å²) in [7, 11) is 0. The summed E-state index contributed by atoms with van der Waals surface area (Å²) in [4.78, 5) is 13.1. The van der Waals surface area contributed by atoms with Crippen LogP contribution in [0.5, 0.6) is 0 Å². The van der Waals surface area contributed by atoms with E-state index in [9.17, 15) is 4.79 Å². The van der Waals surface area contributed by atoms with Gasteiger partial charge in [0.15, 0.2) is 0 Å². The monoisotopic (exact) mass is 274 g/mol. The molecule has 1 heterocycles. The first-order chi connectivity index (χ1) is 9.22. The fraction of sp³-hybridized carbons (Fsp3) is 0.467. The summed E-state index contributed by atoms with van der Waals surface area (Å²) in [6, 6.07) is 4.00. The summed E-state index contributed by atoms with van der Waals surface area (Å²) in [5.74, 6) is 0.363. The molecule has 1 N–H and O–H groups in total. The number of aryl methyl sites for hydroxylation is 1. The molecule has 1 aliphatic rings. The Labute approximate surface area is 117 Å². The number of nitrogens with zero attached hydrogens (tertiary/aromatic N) is 1. The fourth-order valence-electron chi connectivity index (χ4n) is 2.26. The van der Waals surface area contributed by atoms with E-state index in [-0.39, 0.29) is 5.91 Å². The van der Waals surface area contributed by atoms with Crippen LogP contribution < -0.4 is 5.32 Å². The molecule has 1 aliphatic carbocycles. The maximum Gasteiger partial charge on any atom is 0.225 e. The van der Waals surface area contributed by atoms with Crippen LogP contribution in [0.2, 0.25) is 0 Å². The van der Waals surface area contributed by atoms with Gasteiger partial charge in [0.1, 0.15) is 11.1 Å². The summed E-state index contributed by atoms with van der Waals surface area (Å²) in [6.45, 7) is 2.05. The lowest BCUT2D eigenvalue weighted by molar-refractivity contribution is -0.116. The van der Waals surface area contributed by atoms with Crippen molar-refractivity contribution >= 4 is 22.2 Å². The van der Waals surface area contributed by atoms with E-state index < -0.39 is 0 Å². The third kappa shape index (κ3) is 3.68. The number of thiophene rings is 1. The summed E-state index contributed by atoms with van der Waals surface area (Å²) in [6.07, 6.45) is 9.07. The van der Waals surface area contributed by atoms with Crippen molar-refractivity contribution in [3.8, 4) is 6.07 Å². The zero-order valence-corrected chi connectivity index (χ0v) is 11.9. The smallest absolute Gasteiger partial charge is 0.225 e. The van der Waals surface area contributed by atoms with E-state index in [1.54, 1.807) is 0 Å². The molecule has 3 nitrogen and oxygen atoms in total. The van der Waals surface area contributed by atoms with Crippen LogP contribution in [0.1, 0.15) is 43.0 Å². The second-order valence-electron chi connectivity index (χ2n) is 4.79. The van der Waals surface area contributed by atoms with Crippen molar-refractivity contribution in [2.45, 2.75) is 39.0 Å². The largest absolute Gasteiger partial charge is 0.317 e. The molecular weight excluding hydrogens is 256 g/mol. The van der Waals surface area contributed by atoms with Crippen LogP contribution in [-0.2, 0) is 11.2 Å². The van der Waals surface area contributed by atoms with E-state index in [0.717, 1.165) is 30.6 Å². The lowest BCUT2D eigenvalue weighted by Gasteiger charge is -2.15. The van der Waals surface area contributed by atoms with Crippen LogP contribution in [-0.4, -0.2) is 5.91 Å². The molecule has 0 spiro atoms. The number of nitrogens with one attached hydrogen (secondary N) is 1. The van der Waals surface area contributed by atoms with E-state index in [1.807, 2.05) is 13.0 Å². The highest BCUT2D eigenvalue weighted by molar-refractivity contribution is 7.16. The number of allylic oxidation sites excluding steroid dienone is 2. The molecule has 1 amide bonds. The number of carbonyl (C=O) groups is 1. The first-order valence-corrected chi connectivity index (χ1v) is 7.54. The summed E-state index contributed by atoms with van der Waals surface area (Å²) >= 11 is 1.50. The van der Waals surface area contributed by atoms with Gasteiger partial charge in [0.25, 0.3) is 0 Å². The highest BCUT2D eigenvalue weighted by Crippen LogP contribution is 2.29. The molecule has 0 saturated heterocycles. The summed E-state index contributed by atoms with van der Waals surface area (Å²) in [5, 5.41) is 12.6. The van der Waals surface area contributed by atoms with E-state index >= 15 is 0 Å². The van der Waals surface area contributed by atoms with E-state index in [2.05, 4.69) is 23.5 Å². The minimum atomic E-state index is 0.0116. The molecular formula is C15H18N2OS. The Morgan fingerprint density at radius 3 is 3.11 bits per heavy atom. The highest BCUT2D eigenvalue weighted by atomic mass is 32.1. The van der Waals surface area contributed by atoms with Gasteiger partial charge in [0.2, 0.25) is 5.91 Å². The number of hydrogen-bond acceptors (Lipinski definition) is 3. The van der Waals surface area contributed by atoms with Crippen LogP contribution in [0.3, 0.4) is 0 Å². The van der Waals surface area contributed by atoms with Gasteiger partial charge in [-0.1, -0.05) is 19.1 Å². The second-order valence-corrected chi connectivity index (χ2v) is 5.93. The van der Waals surface area contributed by atoms with E-state index in [4.69, 9.17) is 5.26 Å². The molecule has 1 aromatic heterocycles. The molecule has 0 aromatic carbocycles. The first-order valence-electron chi connectivity index (χ1n) is 6.72. The fourth-order valence-corrected chi connectivity index (χ4v) is 3.22. The van der Waals surface area contributed by atoms with Gasteiger partial charge in [-0.05, 0) is 37.7 Å². The molecule has 1 atom stereocenters. The standard InChI is InChI=1S/C15H18N2OS/c1-2-13-9-12(10-16)15(19-13)17-14(18)8-11-6-4-3-5-7-11/h4,6,9,11H,2-3,5,7-8H2,1H3,(H,17,18). The van der Waals surface area contributed by atoms with Gasteiger partial charge in [-0.25, -0.2) is 0 Å². The summed E-state index contributed by atoms with van der Waals surface area (Å²) < 4.78 is 0. The van der Waals surface area contributed by atoms with E-state index in [1.165, 1.54) is 11.3 Å². The Hall–Kier alpha value is -1.60. The van der Waals surface area contributed by atoms with E-state index in [0.29, 0.717) is 22.9 Å². The Bertz CT molecular complexity index is 525. The SMILES string of the molecule is CCc1cc(C#N)c(NC(=O)CC2C=CCCC2)s1. The van der Waals surface area contributed by atoms with Gasteiger partial charge in [0, 0.05) is 11.3 Å². The molecule has 0 saturated carbocycles.